The molecule has 2 heterocycles. The molecule has 1 amide bonds. The molecule has 0 spiro atoms. The first-order chi connectivity index (χ1) is 7.31. The normalized spacial score (nSPS) is 16.5. The van der Waals surface area contributed by atoms with E-state index in [0.29, 0.717) is 0 Å². The van der Waals surface area contributed by atoms with E-state index in [0.717, 1.165) is 31.3 Å². The van der Waals surface area contributed by atoms with Gasteiger partial charge < -0.3 is 10.2 Å². The van der Waals surface area contributed by atoms with Gasteiger partial charge in [-0.05, 0) is 0 Å². The van der Waals surface area contributed by atoms with Gasteiger partial charge in [0.2, 0.25) is 0 Å². The van der Waals surface area contributed by atoms with E-state index >= 15 is 0 Å². The van der Waals surface area contributed by atoms with Crippen LogP contribution in [-0.2, 0) is 0 Å². The smallest absolute Gasteiger partial charge is 0.294 e. The summed E-state index contributed by atoms with van der Waals surface area (Å²) < 4.78 is 0. The summed E-state index contributed by atoms with van der Waals surface area (Å²) in [5, 5.41) is 14.2. The first kappa shape index (κ1) is 10.3. The predicted molar refractivity (Wildman–Crippen MR) is 56.4 cm³/mol. The Morgan fingerprint density at radius 2 is 2.33 bits per heavy atom. The number of aromatic nitrogens is 1. The van der Waals surface area contributed by atoms with Gasteiger partial charge in [0.15, 0.2) is 5.13 Å². The number of carbonyl (C=O) groups excluding carboxylic acids is 1. The highest BCUT2D eigenvalue weighted by Crippen LogP contribution is 2.20. The van der Waals surface area contributed by atoms with Crippen LogP contribution in [0, 0.1) is 0 Å². The lowest BCUT2D eigenvalue weighted by Crippen LogP contribution is -2.43. The van der Waals surface area contributed by atoms with Gasteiger partial charge in [-0.25, -0.2) is 10.5 Å². The van der Waals surface area contributed by atoms with E-state index in [-0.39, 0.29) is 5.69 Å². The number of piperazine rings is 1. The summed E-state index contributed by atoms with van der Waals surface area (Å²) in [5.41, 5.74) is 1.83. The van der Waals surface area contributed by atoms with Crippen LogP contribution >= 0.6 is 11.3 Å². The molecule has 0 saturated carbocycles. The van der Waals surface area contributed by atoms with Crippen molar-refractivity contribution < 1.29 is 10.0 Å². The van der Waals surface area contributed by atoms with E-state index in [2.05, 4.69) is 15.2 Å². The van der Waals surface area contributed by atoms with Gasteiger partial charge in [0.1, 0.15) is 5.69 Å². The molecule has 0 bridgehead atoms. The number of carbonyl (C=O) groups is 1. The Kier molecular flexibility index (Phi) is 3.14. The fourth-order valence-corrected chi connectivity index (χ4v) is 2.29. The zero-order valence-electron chi connectivity index (χ0n) is 8.06. The molecule has 1 aromatic heterocycles. The molecular formula is C8H12N4O2S. The van der Waals surface area contributed by atoms with Crippen LogP contribution < -0.4 is 15.7 Å². The van der Waals surface area contributed by atoms with Crippen molar-refractivity contribution in [3.8, 4) is 0 Å². The quantitative estimate of drug-likeness (QED) is 0.477. The van der Waals surface area contributed by atoms with E-state index in [4.69, 9.17) is 5.21 Å². The zero-order valence-corrected chi connectivity index (χ0v) is 8.88. The number of nitrogens with one attached hydrogen (secondary N) is 2. The van der Waals surface area contributed by atoms with Crippen molar-refractivity contribution in [2.24, 2.45) is 0 Å². The van der Waals surface area contributed by atoms with Gasteiger partial charge in [-0.1, -0.05) is 0 Å². The Bertz CT molecular complexity index is 348. The molecule has 7 heteroatoms. The molecular weight excluding hydrogens is 216 g/mol. The fourth-order valence-electron chi connectivity index (χ4n) is 1.43. The van der Waals surface area contributed by atoms with Crippen LogP contribution in [0.15, 0.2) is 5.38 Å². The highest BCUT2D eigenvalue weighted by atomic mass is 32.1. The molecule has 2 rings (SSSR count). The van der Waals surface area contributed by atoms with Crippen molar-refractivity contribution in [2.75, 3.05) is 31.1 Å². The largest absolute Gasteiger partial charge is 0.346 e. The third kappa shape index (κ3) is 2.25. The van der Waals surface area contributed by atoms with Crippen molar-refractivity contribution >= 4 is 22.4 Å². The van der Waals surface area contributed by atoms with Crippen LogP contribution in [0.5, 0.6) is 0 Å². The molecule has 0 aliphatic carbocycles. The van der Waals surface area contributed by atoms with Crippen molar-refractivity contribution in [2.45, 2.75) is 0 Å². The van der Waals surface area contributed by atoms with Crippen LogP contribution in [0.3, 0.4) is 0 Å². The third-order valence-electron chi connectivity index (χ3n) is 2.21. The summed E-state index contributed by atoms with van der Waals surface area (Å²) in [6.07, 6.45) is 0. The number of thiazole rings is 1. The SMILES string of the molecule is O=C(NO)c1csc(N2CCNCC2)n1. The maximum atomic E-state index is 11.1. The number of rotatable bonds is 2. The zero-order chi connectivity index (χ0) is 10.7. The molecule has 0 atom stereocenters. The minimum atomic E-state index is -0.562. The lowest BCUT2D eigenvalue weighted by molar-refractivity contribution is 0.0701. The molecule has 1 saturated heterocycles. The molecule has 1 aliphatic heterocycles. The molecule has 0 aromatic carbocycles. The average molecular weight is 228 g/mol. The number of hydroxylamine groups is 1. The standard InChI is InChI=1S/C8H12N4O2S/c13-7(11-14)6-5-15-8(10-6)12-3-1-9-2-4-12/h5,9,14H,1-4H2,(H,11,13). The summed E-state index contributed by atoms with van der Waals surface area (Å²) >= 11 is 1.41. The first-order valence-electron chi connectivity index (χ1n) is 4.67. The van der Waals surface area contributed by atoms with Crippen molar-refractivity contribution in [1.82, 2.24) is 15.8 Å². The molecule has 15 heavy (non-hydrogen) atoms. The third-order valence-corrected chi connectivity index (χ3v) is 3.12. The second-order valence-corrected chi connectivity index (χ2v) is 4.03. The number of hydrogen-bond donors (Lipinski definition) is 3. The monoisotopic (exact) mass is 228 g/mol. The van der Waals surface area contributed by atoms with Crippen LogP contribution in [-0.4, -0.2) is 42.3 Å². The summed E-state index contributed by atoms with van der Waals surface area (Å²) in [7, 11) is 0. The maximum Gasteiger partial charge on any atom is 0.294 e. The van der Waals surface area contributed by atoms with Gasteiger partial charge in [0.05, 0.1) is 0 Å². The highest BCUT2D eigenvalue weighted by molar-refractivity contribution is 7.13. The maximum absolute atomic E-state index is 11.1. The number of nitrogens with zero attached hydrogens (tertiary/aromatic N) is 2. The average Bonchev–Trinajstić information content (AvgIpc) is 2.78. The summed E-state index contributed by atoms with van der Waals surface area (Å²) in [4.78, 5) is 17.3. The Labute approximate surface area is 90.9 Å². The Balaban J connectivity index is 2.08. The van der Waals surface area contributed by atoms with Gasteiger partial charge in [0.25, 0.3) is 5.91 Å². The van der Waals surface area contributed by atoms with Crippen LogP contribution in [0.2, 0.25) is 0 Å². The van der Waals surface area contributed by atoms with E-state index in [1.165, 1.54) is 11.3 Å². The second-order valence-electron chi connectivity index (χ2n) is 3.19. The Morgan fingerprint density at radius 1 is 1.60 bits per heavy atom. The lowest BCUT2D eigenvalue weighted by Gasteiger charge is -2.26. The molecule has 0 radical (unpaired) electrons. The predicted octanol–water partition coefficient (Wildman–Crippen LogP) is -0.328. The first-order valence-corrected chi connectivity index (χ1v) is 5.55. The molecule has 6 nitrogen and oxygen atoms in total. The summed E-state index contributed by atoms with van der Waals surface area (Å²) in [6, 6.07) is 0. The van der Waals surface area contributed by atoms with Crippen molar-refractivity contribution in [3.63, 3.8) is 0 Å². The molecule has 0 unspecified atom stereocenters. The van der Waals surface area contributed by atoms with Crippen LogP contribution in [0.1, 0.15) is 10.5 Å². The van der Waals surface area contributed by atoms with Crippen LogP contribution in [0.25, 0.3) is 0 Å². The highest BCUT2D eigenvalue weighted by Gasteiger charge is 2.16. The minimum absolute atomic E-state index is 0.260. The van der Waals surface area contributed by atoms with Crippen molar-refractivity contribution in [3.05, 3.63) is 11.1 Å². The molecule has 82 valence electrons. The number of anilines is 1. The van der Waals surface area contributed by atoms with Gasteiger partial charge in [-0.15, -0.1) is 11.3 Å². The summed E-state index contributed by atoms with van der Waals surface area (Å²) in [5.74, 6) is -0.562. The fraction of sp³-hybridized carbons (Fsp3) is 0.500. The van der Waals surface area contributed by atoms with Gasteiger partial charge >= 0.3 is 0 Å². The van der Waals surface area contributed by atoms with E-state index in [9.17, 15) is 4.79 Å². The molecule has 3 N–H and O–H groups in total. The summed E-state index contributed by atoms with van der Waals surface area (Å²) in [6.45, 7) is 3.66. The lowest BCUT2D eigenvalue weighted by atomic mass is 10.4. The topological polar surface area (TPSA) is 77.5 Å². The van der Waals surface area contributed by atoms with E-state index in [1.807, 2.05) is 0 Å². The number of hydrogen-bond acceptors (Lipinski definition) is 6. The Hall–Kier alpha value is -1.18. The molecule has 1 aromatic rings. The van der Waals surface area contributed by atoms with Gasteiger partial charge in [0, 0.05) is 31.6 Å². The second kappa shape index (κ2) is 4.56. The van der Waals surface area contributed by atoms with Gasteiger partial charge in [-0.2, -0.15) is 0 Å². The minimum Gasteiger partial charge on any atom is -0.346 e. The van der Waals surface area contributed by atoms with Gasteiger partial charge in [-0.3, -0.25) is 10.0 Å². The molecule has 1 fully saturated rings. The van der Waals surface area contributed by atoms with E-state index in [1.54, 1.807) is 10.9 Å². The van der Waals surface area contributed by atoms with E-state index < -0.39 is 5.91 Å². The number of amides is 1. The Morgan fingerprint density at radius 3 is 3.00 bits per heavy atom. The molecule has 1 aliphatic rings. The van der Waals surface area contributed by atoms with Crippen LogP contribution in [0.4, 0.5) is 5.13 Å². The van der Waals surface area contributed by atoms with Crippen molar-refractivity contribution in [1.29, 1.82) is 0 Å².